The molecule has 130 valence electrons. The van der Waals surface area contributed by atoms with Gasteiger partial charge in [0.05, 0.1) is 6.04 Å². The number of carbonyl (C=O) groups is 1. The van der Waals surface area contributed by atoms with Crippen LogP contribution in [0.4, 0.5) is 14.5 Å². The van der Waals surface area contributed by atoms with E-state index in [4.69, 9.17) is 9.47 Å². The normalized spacial score (nSPS) is 18.9. The van der Waals surface area contributed by atoms with E-state index >= 15 is 0 Å². The second kappa shape index (κ2) is 6.33. The number of nitrogens with one attached hydrogen (secondary N) is 1. The minimum Gasteiger partial charge on any atom is -0.454 e. The Hall–Kier alpha value is -2.67. The van der Waals surface area contributed by atoms with Crippen molar-refractivity contribution in [1.29, 1.82) is 0 Å². The Morgan fingerprint density at radius 3 is 2.68 bits per heavy atom. The fraction of sp³-hybridized carbons (Fsp3) is 0.278. The van der Waals surface area contributed by atoms with Gasteiger partial charge in [-0.1, -0.05) is 18.2 Å². The largest absolute Gasteiger partial charge is 0.454 e. The summed E-state index contributed by atoms with van der Waals surface area (Å²) in [6.07, 6.45) is 0.471. The molecule has 0 aromatic heterocycles. The molecule has 1 saturated heterocycles. The van der Waals surface area contributed by atoms with E-state index < -0.39 is 17.7 Å². The summed E-state index contributed by atoms with van der Waals surface area (Å²) in [4.78, 5) is 13.7. The van der Waals surface area contributed by atoms with E-state index in [1.165, 1.54) is 6.07 Å². The topological polar surface area (TPSA) is 50.8 Å². The highest BCUT2D eigenvalue weighted by Crippen LogP contribution is 2.35. The van der Waals surface area contributed by atoms with Crippen molar-refractivity contribution in [3.05, 3.63) is 53.6 Å². The van der Waals surface area contributed by atoms with Gasteiger partial charge in [-0.05, 0) is 24.6 Å². The lowest BCUT2D eigenvalue weighted by Gasteiger charge is -2.18. The van der Waals surface area contributed by atoms with Gasteiger partial charge in [0.1, 0.15) is 17.3 Å². The molecule has 0 unspecified atom stereocenters. The molecular weight excluding hydrogens is 330 g/mol. The lowest BCUT2D eigenvalue weighted by atomic mass is 10.1. The quantitative estimate of drug-likeness (QED) is 0.925. The number of benzene rings is 2. The number of anilines is 1. The van der Waals surface area contributed by atoms with Crippen molar-refractivity contribution < 1.29 is 23.0 Å². The van der Waals surface area contributed by atoms with Gasteiger partial charge in [0.2, 0.25) is 12.7 Å². The number of fused-ring (bicyclic) bond motifs is 1. The first kappa shape index (κ1) is 15.8. The van der Waals surface area contributed by atoms with E-state index in [1.807, 2.05) is 18.2 Å². The molecule has 7 heteroatoms. The second-order valence-corrected chi connectivity index (χ2v) is 5.93. The van der Waals surface area contributed by atoms with E-state index in [1.54, 1.807) is 0 Å². The third kappa shape index (κ3) is 2.80. The van der Waals surface area contributed by atoms with Crippen LogP contribution in [-0.4, -0.2) is 25.3 Å². The molecule has 0 radical (unpaired) electrons. The zero-order valence-corrected chi connectivity index (χ0v) is 13.3. The van der Waals surface area contributed by atoms with Crippen molar-refractivity contribution >= 4 is 11.6 Å². The average molecular weight is 346 g/mol. The Balaban J connectivity index is 1.47. The minimum absolute atomic E-state index is 0.176. The zero-order chi connectivity index (χ0) is 17.4. The van der Waals surface area contributed by atoms with E-state index in [0.29, 0.717) is 24.5 Å². The average Bonchev–Trinajstić information content (AvgIpc) is 3.21. The summed E-state index contributed by atoms with van der Waals surface area (Å²) >= 11 is 0. The Morgan fingerprint density at radius 2 is 1.88 bits per heavy atom. The molecule has 2 aliphatic rings. The number of carbonyl (C=O) groups excluding carboxylic acids is 1. The van der Waals surface area contributed by atoms with Crippen molar-refractivity contribution in [2.45, 2.75) is 19.0 Å². The number of halogens is 2. The van der Waals surface area contributed by atoms with Crippen molar-refractivity contribution in [3.63, 3.8) is 0 Å². The van der Waals surface area contributed by atoms with Crippen LogP contribution in [0.25, 0.3) is 0 Å². The van der Waals surface area contributed by atoms with Gasteiger partial charge < -0.3 is 19.7 Å². The predicted molar refractivity (Wildman–Crippen MR) is 86.5 cm³/mol. The summed E-state index contributed by atoms with van der Waals surface area (Å²) in [5.74, 6) is -0.473. The summed E-state index contributed by atoms with van der Waals surface area (Å²) < 4.78 is 38.6. The first-order valence-corrected chi connectivity index (χ1v) is 8.01. The van der Waals surface area contributed by atoms with E-state index in [-0.39, 0.29) is 24.9 Å². The van der Waals surface area contributed by atoms with Crippen LogP contribution in [0, 0.1) is 11.6 Å². The van der Waals surface area contributed by atoms with E-state index in [2.05, 4.69) is 5.32 Å². The molecule has 25 heavy (non-hydrogen) atoms. The summed E-state index contributed by atoms with van der Waals surface area (Å²) in [6, 6.07) is 8.62. The number of nitrogens with zero attached hydrogens (tertiary/aromatic N) is 1. The Bertz CT molecular complexity index is 808. The lowest BCUT2D eigenvalue weighted by Crippen LogP contribution is -2.38. The first-order valence-electron chi connectivity index (χ1n) is 8.01. The number of hydrogen-bond donors (Lipinski definition) is 1. The van der Waals surface area contributed by atoms with Crippen LogP contribution in [0.5, 0.6) is 11.5 Å². The Kier molecular flexibility index (Phi) is 4.01. The van der Waals surface area contributed by atoms with Gasteiger partial charge in [0.15, 0.2) is 11.5 Å². The van der Waals surface area contributed by atoms with Gasteiger partial charge in [-0.15, -0.1) is 0 Å². The summed E-state index contributed by atoms with van der Waals surface area (Å²) in [5.41, 5.74) is 0.590. The summed E-state index contributed by atoms with van der Waals surface area (Å²) in [6.45, 7) is 0.840. The van der Waals surface area contributed by atoms with Crippen LogP contribution >= 0.6 is 0 Å². The molecule has 2 aromatic carbocycles. The van der Waals surface area contributed by atoms with Crippen LogP contribution in [0.2, 0.25) is 0 Å². The smallest absolute Gasteiger partial charge is 0.244 e. The molecule has 0 spiro atoms. The SMILES string of the molecule is O=C1[C@H](NCc2cccc3c2OCO3)CCN1c1c(F)cccc1F. The first-order chi connectivity index (χ1) is 12.1. The van der Waals surface area contributed by atoms with Crippen molar-refractivity contribution in [2.75, 3.05) is 18.2 Å². The van der Waals surface area contributed by atoms with Crippen LogP contribution < -0.4 is 19.7 Å². The fourth-order valence-corrected chi connectivity index (χ4v) is 3.20. The van der Waals surface area contributed by atoms with Gasteiger partial charge in [0, 0.05) is 18.7 Å². The molecule has 1 amide bonds. The minimum atomic E-state index is -0.736. The molecule has 0 bridgehead atoms. The molecule has 1 N–H and O–H groups in total. The fourth-order valence-electron chi connectivity index (χ4n) is 3.20. The maximum Gasteiger partial charge on any atom is 0.244 e. The lowest BCUT2D eigenvalue weighted by molar-refractivity contribution is -0.118. The van der Waals surface area contributed by atoms with Gasteiger partial charge in [-0.25, -0.2) is 8.78 Å². The molecular formula is C18H16F2N2O3. The highest BCUT2D eigenvalue weighted by Gasteiger charge is 2.35. The second-order valence-electron chi connectivity index (χ2n) is 5.93. The number of hydrogen-bond acceptors (Lipinski definition) is 4. The van der Waals surface area contributed by atoms with Crippen LogP contribution in [0.3, 0.4) is 0 Å². The third-order valence-electron chi connectivity index (χ3n) is 4.43. The zero-order valence-electron chi connectivity index (χ0n) is 13.3. The molecule has 5 nitrogen and oxygen atoms in total. The third-order valence-corrected chi connectivity index (χ3v) is 4.43. The number of para-hydroxylation sites is 2. The predicted octanol–water partition coefficient (Wildman–Crippen LogP) is 2.59. The standard InChI is InChI=1S/C18H16F2N2O3/c19-12-4-2-5-13(20)16(12)22-8-7-14(18(22)23)21-9-11-3-1-6-15-17(11)25-10-24-15/h1-6,14,21H,7-10H2/t14-/m1/s1. The summed E-state index contributed by atoms with van der Waals surface area (Å²) in [7, 11) is 0. The van der Waals surface area contributed by atoms with Crippen molar-refractivity contribution in [3.8, 4) is 11.5 Å². The molecule has 2 aliphatic heterocycles. The van der Waals surface area contributed by atoms with E-state index in [0.717, 1.165) is 22.6 Å². The number of ether oxygens (including phenoxy) is 2. The Morgan fingerprint density at radius 1 is 1.12 bits per heavy atom. The van der Waals surface area contributed by atoms with Crippen molar-refractivity contribution in [1.82, 2.24) is 5.32 Å². The maximum absolute atomic E-state index is 13.9. The highest BCUT2D eigenvalue weighted by atomic mass is 19.1. The summed E-state index contributed by atoms with van der Waals surface area (Å²) in [5, 5.41) is 3.14. The molecule has 0 saturated carbocycles. The van der Waals surface area contributed by atoms with Gasteiger partial charge >= 0.3 is 0 Å². The van der Waals surface area contributed by atoms with Crippen LogP contribution in [-0.2, 0) is 11.3 Å². The molecule has 2 aromatic rings. The maximum atomic E-state index is 13.9. The van der Waals surface area contributed by atoms with Crippen LogP contribution in [0.15, 0.2) is 36.4 Å². The molecule has 4 rings (SSSR count). The van der Waals surface area contributed by atoms with E-state index in [9.17, 15) is 13.6 Å². The van der Waals surface area contributed by atoms with Gasteiger partial charge in [-0.3, -0.25) is 4.79 Å². The number of rotatable bonds is 4. The Labute approximate surface area is 143 Å². The molecule has 1 fully saturated rings. The van der Waals surface area contributed by atoms with Gasteiger partial charge in [-0.2, -0.15) is 0 Å². The van der Waals surface area contributed by atoms with Crippen molar-refractivity contribution in [2.24, 2.45) is 0 Å². The van der Waals surface area contributed by atoms with Gasteiger partial charge in [0.25, 0.3) is 0 Å². The molecule has 1 atom stereocenters. The monoisotopic (exact) mass is 346 g/mol. The number of amides is 1. The highest BCUT2D eigenvalue weighted by molar-refractivity contribution is 5.99. The molecule has 2 heterocycles. The molecule has 0 aliphatic carbocycles. The van der Waals surface area contributed by atoms with Crippen LogP contribution in [0.1, 0.15) is 12.0 Å².